The standard InChI is InChI=1S/C16H14ClF3N4O2.C2HF3O2/c17-11-2-1-9(5-14(11)26-16(18,19)20)12-7-23-13(8-22-12)15(25)24-10-3-4-21-6-10;3-2(4,5)1(6)7/h1-2,5,7-8,10,21H,3-4,6H2,(H,24,25);(H,6,7). The van der Waals surface area contributed by atoms with E-state index in [4.69, 9.17) is 21.5 Å². The third kappa shape index (κ3) is 8.38. The van der Waals surface area contributed by atoms with Gasteiger partial charge in [-0.3, -0.25) is 9.78 Å². The number of ether oxygens (including phenoxy) is 1. The molecule has 1 atom stereocenters. The SMILES string of the molecule is O=C(NC1CCNC1)c1cnc(-c2ccc(Cl)c(OC(F)(F)F)c2)cn1.O=C(O)C(F)(F)F. The number of carboxylic acids is 1. The molecule has 1 fully saturated rings. The third-order valence-electron chi connectivity index (χ3n) is 3.98. The van der Waals surface area contributed by atoms with Crippen molar-refractivity contribution in [2.75, 3.05) is 13.1 Å². The predicted molar refractivity (Wildman–Crippen MR) is 102 cm³/mol. The molecule has 0 saturated carbocycles. The second-order valence-corrected chi connectivity index (χ2v) is 6.85. The number of carbonyl (C=O) groups is 2. The Morgan fingerprint density at radius 3 is 2.30 bits per heavy atom. The highest BCUT2D eigenvalue weighted by molar-refractivity contribution is 6.32. The highest BCUT2D eigenvalue weighted by Crippen LogP contribution is 2.33. The fraction of sp³-hybridized carbons (Fsp3) is 0.333. The molecule has 180 valence electrons. The van der Waals surface area contributed by atoms with Gasteiger partial charge >= 0.3 is 18.5 Å². The minimum absolute atomic E-state index is 0.0438. The number of carboxylic acid groups (broad SMARTS) is 1. The largest absolute Gasteiger partial charge is 0.573 e. The molecule has 1 aromatic heterocycles. The van der Waals surface area contributed by atoms with Crippen LogP contribution in [0.4, 0.5) is 26.3 Å². The first-order valence-corrected chi connectivity index (χ1v) is 9.33. The van der Waals surface area contributed by atoms with Crippen LogP contribution >= 0.6 is 11.6 Å². The van der Waals surface area contributed by atoms with Crippen molar-refractivity contribution in [1.29, 1.82) is 0 Å². The van der Waals surface area contributed by atoms with Gasteiger partial charge in [-0.15, -0.1) is 13.2 Å². The number of aliphatic carboxylic acids is 1. The number of carbonyl (C=O) groups excluding carboxylic acids is 1. The van der Waals surface area contributed by atoms with Crippen LogP contribution in [0.5, 0.6) is 5.75 Å². The summed E-state index contributed by atoms with van der Waals surface area (Å²) in [4.78, 5) is 29.1. The number of halogens is 7. The van der Waals surface area contributed by atoms with Crippen molar-refractivity contribution in [1.82, 2.24) is 20.6 Å². The molecule has 1 aromatic carbocycles. The van der Waals surface area contributed by atoms with E-state index in [1.54, 1.807) is 0 Å². The van der Waals surface area contributed by atoms with Gasteiger partial charge in [0.1, 0.15) is 11.4 Å². The topological polar surface area (TPSA) is 113 Å². The molecule has 1 aliphatic rings. The van der Waals surface area contributed by atoms with Gasteiger partial charge in [-0.25, -0.2) is 9.78 Å². The monoisotopic (exact) mass is 500 g/mol. The van der Waals surface area contributed by atoms with Crippen LogP contribution in [0.15, 0.2) is 30.6 Å². The fourth-order valence-electron chi connectivity index (χ4n) is 2.50. The van der Waals surface area contributed by atoms with E-state index in [0.29, 0.717) is 12.1 Å². The molecule has 1 saturated heterocycles. The van der Waals surface area contributed by atoms with Gasteiger partial charge in [0.2, 0.25) is 0 Å². The molecular weight excluding hydrogens is 486 g/mol. The second-order valence-electron chi connectivity index (χ2n) is 6.45. The number of nitrogens with one attached hydrogen (secondary N) is 2. The Morgan fingerprint density at radius 2 is 1.82 bits per heavy atom. The minimum atomic E-state index is -5.08. The quantitative estimate of drug-likeness (QED) is 0.551. The summed E-state index contributed by atoms with van der Waals surface area (Å²) in [6.07, 6.45) is -6.52. The zero-order chi connectivity index (χ0) is 24.8. The predicted octanol–water partition coefficient (Wildman–Crippen LogP) is 3.42. The number of hydrogen-bond donors (Lipinski definition) is 3. The van der Waals surface area contributed by atoms with Gasteiger partial charge in [-0.2, -0.15) is 13.2 Å². The number of rotatable bonds is 4. The lowest BCUT2D eigenvalue weighted by atomic mass is 10.1. The molecule has 0 spiro atoms. The summed E-state index contributed by atoms with van der Waals surface area (Å²) in [6.45, 7) is 1.54. The molecule has 8 nitrogen and oxygen atoms in total. The molecule has 3 N–H and O–H groups in total. The Labute approximate surface area is 186 Å². The van der Waals surface area contributed by atoms with Crippen LogP contribution in [-0.2, 0) is 4.79 Å². The van der Waals surface area contributed by atoms with E-state index >= 15 is 0 Å². The molecule has 0 radical (unpaired) electrons. The lowest BCUT2D eigenvalue weighted by Crippen LogP contribution is -2.36. The second kappa shape index (κ2) is 10.7. The first-order valence-electron chi connectivity index (χ1n) is 8.95. The van der Waals surface area contributed by atoms with E-state index in [1.165, 1.54) is 24.5 Å². The summed E-state index contributed by atoms with van der Waals surface area (Å²) in [7, 11) is 0. The van der Waals surface area contributed by atoms with Gasteiger partial charge in [0.05, 0.1) is 23.1 Å². The summed E-state index contributed by atoms with van der Waals surface area (Å²) >= 11 is 5.72. The Morgan fingerprint density at radius 1 is 1.15 bits per heavy atom. The van der Waals surface area contributed by atoms with Gasteiger partial charge in [-0.1, -0.05) is 17.7 Å². The van der Waals surface area contributed by atoms with E-state index in [-0.39, 0.29) is 28.4 Å². The van der Waals surface area contributed by atoms with E-state index < -0.39 is 24.3 Å². The molecule has 1 aliphatic heterocycles. The van der Waals surface area contributed by atoms with Crippen LogP contribution < -0.4 is 15.4 Å². The zero-order valence-electron chi connectivity index (χ0n) is 16.3. The molecule has 2 heterocycles. The molecule has 33 heavy (non-hydrogen) atoms. The van der Waals surface area contributed by atoms with Crippen molar-refractivity contribution in [3.8, 4) is 17.0 Å². The number of benzene rings is 1. The molecular formula is C18H15ClF6N4O4. The minimum Gasteiger partial charge on any atom is -0.475 e. The van der Waals surface area contributed by atoms with Crippen LogP contribution in [0, 0.1) is 0 Å². The Bertz CT molecular complexity index is 979. The van der Waals surface area contributed by atoms with Crippen molar-refractivity contribution in [3.63, 3.8) is 0 Å². The van der Waals surface area contributed by atoms with Crippen LogP contribution in [-0.4, -0.2) is 58.6 Å². The van der Waals surface area contributed by atoms with Gasteiger partial charge < -0.3 is 20.5 Å². The van der Waals surface area contributed by atoms with Gasteiger partial charge in [0.15, 0.2) is 0 Å². The van der Waals surface area contributed by atoms with E-state index in [2.05, 4.69) is 25.3 Å². The van der Waals surface area contributed by atoms with Crippen molar-refractivity contribution >= 4 is 23.5 Å². The summed E-state index contributed by atoms with van der Waals surface area (Å²) < 4.78 is 72.8. The van der Waals surface area contributed by atoms with E-state index in [9.17, 15) is 31.1 Å². The first-order chi connectivity index (χ1) is 15.3. The van der Waals surface area contributed by atoms with Crippen molar-refractivity contribution in [2.24, 2.45) is 0 Å². The summed E-state index contributed by atoms with van der Waals surface area (Å²) in [5.74, 6) is -3.64. The molecule has 15 heteroatoms. The van der Waals surface area contributed by atoms with Crippen molar-refractivity contribution < 1.29 is 45.8 Å². The number of aromatic nitrogens is 2. The average molecular weight is 501 g/mol. The normalized spacial score (nSPS) is 15.9. The number of amides is 1. The zero-order valence-corrected chi connectivity index (χ0v) is 17.1. The fourth-order valence-corrected chi connectivity index (χ4v) is 2.65. The smallest absolute Gasteiger partial charge is 0.475 e. The van der Waals surface area contributed by atoms with Gasteiger partial charge in [0, 0.05) is 18.2 Å². The summed E-state index contributed by atoms with van der Waals surface area (Å²) in [6, 6.07) is 3.92. The van der Waals surface area contributed by atoms with Crippen LogP contribution in [0.3, 0.4) is 0 Å². The maximum absolute atomic E-state index is 12.4. The molecule has 1 unspecified atom stereocenters. The summed E-state index contributed by atoms with van der Waals surface area (Å²) in [5.41, 5.74) is 0.738. The molecule has 1 amide bonds. The maximum atomic E-state index is 12.4. The number of hydrogen-bond acceptors (Lipinski definition) is 6. The molecule has 0 aliphatic carbocycles. The van der Waals surface area contributed by atoms with Crippen LogP contribution in [0.1, 0.15) is 16.9 Å². The lowest BCUT2D eigenvalue weighted by molar-refractivity contribution is -0.274. The number of nitrogens with zero attached hydrogens (tertiary/aromatic N) is 2. The van der Waals surface area contributed by atoms with Gasteiger partial charge in [-0.05, 0) is 25.1 Å². The molecule has 3 rings (SSSR count). The van der Waals surface area contributed by atoms with E-state index in [1.807, 2.05) is 0 Å². The Kier molecular flexibility index (Phi) is 8.44. The van der Waals surface area contributed by atoms with E-state index in [0.717, 1.165) is 19.0 Å². The lowest BCUT2D eigenvalue weighted by Gasteiger charge is -2.12. The third-order valence-corrected chi connectivity index (χ3v) is 4.29. The van der Waals surface area contributed by atoms with Crippen molar-refractivity contribution in [2.45, 2.75) is 25.0 Å². The highest BCUT2D eigenvalue weighted by atomic mass is 35.5. The molecule has 0 bridgehead atoms. The average Bonchev–Trinajstić information content (AvgIpc) is 3.21. The summed E-state index contributed by atoms with van der Waals surface area (Å²) in [5, 5.41) is 12.9. The van der Waals surface area contributed by atoms with Crippen molar-refractivity contribution in [3.05, 3.63) is 41.3 Å². The molecule has 2 aromatic rings. The van der Waals surface area contributed by atoms with Gasteiger partial charge in [0.25, 0.3) is 5.91 Å². The van der Waals surface area contributed by atoms with Crippen LogP contribution in [0.25, 0.3) is 11.3 Å². The Balaban J connectivity index is 0.000000479. The highest BCUT2D eigenvalue weighted by Gasteiger charge is 2.38. The first kappa shape index (κ1) is 26.1. The number of alkyl halides is 6. The Hall–Kier alpha value is -3.13. The van der Waals surface area contributed by atoms with Crippen LogP contribution in [0.2, 0.25) is 5.02 Å². The maximum Gasteiger partial charge on any atom is 0.573 e.